The number of nitriles is 1. The van der Waals surface area contributed by atoms with E-state index in [1.165, 1.54) is 0 Å². The van der Waals surface area contributed by atoms with Crippen LogP contribution in [0.3, 0.4) is 0 Å². The van der Waals surface area contributed by atoms with Gasteiger partial charge in [-0.15, -0.1) is 10.2 Å². The van der Waals surface area contributed by atoms with Crippen LogP contribution in [0.1, 0.15) is 30.2 Å². The summed E-state index contributed by atoms with van der Waals surface area (Å²) in [6, 6.07) is 7.10. The lowest BCUT2D eigenvalue weighted by Crippen LogP contribution is -2.15. The Labute approximate surface area is 121 Å². The summed E-state index contributed by atoms with van der Waals surface area (Å²) in [4.78, 5) is 0. The average Bonchev–Trinajstić information content (AvgIpc) is 2.98. The highest BCUT2D eigenvalue weighted by atomic mass is 35.5. The molecule has 0 amide bonds. The topological polar surface area (TPSA) is 71.9 Å². The minimum Gasteiger partial charge on any atom is -0.420 e. The van der Waals surface area contributed by atoms with Crippen molar-refractivity contribution in [1.82, 2.24) is 10.2 Å². The summed E-state index contributed by atoms with van der Waals surface area (Å²) in [7, 11) is 0. The molecule has 3 rings (SSSR count). The normalized spacial score (nSPS) is 18.7. The second kappa shape index (κ2) is 5.61. The van der Waals surface area contributed by atoms with Crippen molar-refractivity contribution in [2.75, 3.05) is 13.2 Å². The molecule has 2 heterocycles. The summed E-state index contributed by atoms with van der Waals surface area (Å²) < 4.78 is 11.1. The Morgan fingerprint density at radius 3 is 3.00 bits per heavy atom. The summed E-state index contributed by atoms with van der Waals surface area (Å²) >= 11 is 5.91. The third-order valence-corrected chi connectivity index (χ3v) is 3.61. The molecule has 0 saturated carbocycles. The molecule has 5 nitrogen and oxygen atoms in total. The molecule has 20 heavy (non-hydrogen) atoms. The van der Waals surface area contributed by atoms with Crippen LogP contribution < -0.4 is 0 Å². The predicted octanol–water partition coefficient (Wildman–Crippen LogP) is 3.16. The van der Waals surface area contributed by atoms with E-state index in [1.54, 1.807) is 18.2 Å². The van der Waals surface area contributed by atoms with Gasteiger partial charge in [-0.2, -0.15) is 5.26 Å². The zero-order valence-electron chi connectivity index (χ0n) is 10.7. The monoisotopic (exact) mass is 289 g/mol. The van der Waals surface area contributed by atoms with Gasteiger partial charge in [0, 0.05) is 12.2 Å². The Bertz CT molecular complexity index is 657. The zero-order valence-corrected chi connectivity index (χ0v) is 11.4. The Morgan fingerprint density at radius 1 is 1.35 bits per heavy atom. The maximum Gasteiger partial charge on any atom is 0.247 e. The van der Waals surface area contributed by atoms with Gasteiger partial charge in [-0.3, -0.25) is 0 Å². The predicted molar refractivity (Wildman–Crippen MR) is 72.3 cm³/mol. The third kappa shape index (κ3) is 2.53. The lowest BCUT2D eigenvalue weighted by molar-refractivity contribution is 0.0727. The van der Waals surface area contributed by atoms with Crippen LogP contribution in [0, 0.1) is 11.3 Å². The van der Waals surface area contributed by atoms with Crippen molar-refractivity contribution in [3.05, 3.63) is 34.7 Å². The first kappa shape index (κ1) is 13.1. The fourth-order valence-electron chi connectivity index (χ4n) is 2.20. The summed E-state index contributed by atoms with van der Waals surface area (Å²) in [5.74, 6) is 1.15. The average molecular weight is 290 g/mol. The van der Waals surface area contributed by atoms with Crippen molar-refractivity contribution in [3.8, 4) is 17.5 Å². The summed E-state index contributed by atoms with van der Waals surface area (Å²) in [5, 5.41) is 17.5. The maximum atomic E-state index is 8.98. The Morgan fingerprint density at radius 2 is 2.25 bits per heavy atom. The van der Waals surface area contributed by atoms with Gasteiger partial charge in [0.25, 0.3) is 0 Å². The fourth-order valence-corrected chi connectivity index (χ4v) is 2.36. The lowest BCUT2D eigenvalue weighted by Gasteiger charge is -2.18. The van der Waals surface area contributed by atoms with Crippen LogP contribution in [0.15, 0.2) is 22.6 Å². The molecule has 1 aliphatic rings. The first-order valence-corrected chi connectivity index (χ1v) is 6.77. The van der Waals surface area contributed by atoms with E-state index in [1.807, 2.05) is 6.07 Å². The van der Waals surface area contributed by atoms with E-state index in [-0.39, 0.29) is 5.92 Å². The van der Waals surface area contributed by atoms with E-state index in [9.17, 15) is 0 Å². The molecular weight excluding hydrogens is 278 g/mol. The Kier molecular flexibility index (Phi) is 3.68. The number of nitrogens with zero attached hydrogens (tertiary/aromatic N) is 3. The van der Waals surface area contributed by atoms with E-state index in [0.29, 0.717) is 34.5 Å². The molecule has 0 radical (unpaired) electrons. The summed E-state index contributed by atoms with van der Waals surface area (Å²) in [6.07, 6.45) is 1.99. The van der Waals surface area contributed by atoms with Crippen molar-refractivity contribution in [2.24, 2.45) is 0 Å². The van der Waals surface area contributed by atoms with Gasteiger partial charge in [-0.1, -0.05) is 11.6 Å². The summed E-state index contributed by atoms with van der Waals surface area (Å²) in [6.45, 7) is 1.41. The van der Waals surface area contributed by atoms with Gasteiger partial charge >= 0.3 is 0 Å². The van der Waals surface area contributed by atoms with Crippen molar-refractivity contribution < 1.29 is 9.15 Å². The maximum absolute atomic E-state index is 8.98. The van der Waals surface area contributed by atoms with Crippen molar-refractivity contribution >= 4 is 11.6 Å². The van der Waals surface area contributed by atoms with Crippen LogP contribution in [-0.2, 0) is 4.74 Å². The number of halogens is 1. The van der Waals surface area contributed by atoms with Crippen molar-refractivity contribution in [2.45, 2.75) is 18.8 Å². The SMILES string of the molecule is N#Cc1cc(-c2nnc(C3CCCOC3)o2)ccc1Cl. The van der Waals surface area contributed by atoms with Gasteiger partial charge in [0.15, 0.2) is 0 Å². The van der Waals surface area contributed by atoms with E-state index in [2.05, 4.69) is 10.2 Å². The van der Waals surface area contributed by atoms with Crippen LogP contribution in [-0.4, -0.2) is 23.4 Å². The second-order valence-electron chi connectivity index (χ2n) is 4.67. The van der Waals surface area contributed by atoms with Gasteiger partial charge < -0.3 is 9.15 Å². The third-order valence-electron chi connectivity index (χ3n) is 3.28. The van der Waals surface area contributed by atoms with Crippen LogP contribution >= 0.6 is 11.6 Å². The standard InChI is InChI=1S/C14H12ClN3O2/c15-12-4-3-9(6-11(12)7-16)13-17-18-14(20-13)10-2-1-5-19-8-10/h3-4,6,10H,1-2,5,8H2. The molecule has 0 bridgehead atoms. The lowest BCUT2D eigenvalue weighted by atomic mass is 10.0. The molecular formula is C14H12ClN3O2. The fraction of sp³-hybridized carbons (Fsp3) is 0.357. The van der Waals surface area contributed by atoms with Crippen LogP contribution in [0.25, 0.3) is 11.5 Å². The van der Waals surface area contributed by atoms with Gasteiger partial charge in [0.05, 0.1) is 23.1 Å². The number of hydrogen-bond donors (Lipinski definition) is 0. The highest BCUT2D eigenvalue weighted by molar-refractivity contribution is 6.31. The largest absolute Gasteiger partial charge is 0.420 e. The number of rotatable bonds is 2. The molecule has 6 heteroatoms. The second-order valence-corrected chi connectivity index (χ2v) is 5.07. The molecule has 2 aromatic rings. The van der Waals surface area contributed by atoms with Crippen LogP contribution in [0.5, 0.6) is 0 Å². The Balaban J connectivity index is 1.88. The van der Waals surface area contributed by atoms with E-state index in [0.717, 1.165) is 19.4 Å². The highest BCUT2D eigenvalue weighted by Gasteiger charge is 2.22. The molecule has 0 N–H and O–H groups in total. The quantitative estimate of drug-likeness (QED) is 0.849. The molecule has 1 atom stereocenters. The molecule has 0 spiro atoms. The van der Waals surface area contributed by atoms with Gasteiger partial charge in [0.2, 0.25) is 11.8 Å². The zero-order chi connectivity index (χ0) is 13.9. The number of ether oxygens (including phenoxy) is 1. The first-order chi connectivity index (χ1) is 9.78. The van der Waals surface area contributed by atoms with E-state index < -0.39 is 0 Å². The molecule has 1 unspecified atom stereocenters. The van der Waals surface area contributed by atoms with Gasteiger partial charge in [-0.25, -0.2) is 0 Å². The first-order valence-electron chi connectivity index (χ1n) is 6.39. The molecule has 1 aromatic heterocycles. The van der Waals surface area contributed by atoms with Gasteiger partial charge in [0.1, 0.15) is 6.07 Å². The summed E-state index contributed by atoms with van der Waals surface area (Å²) in [5.41, 5.74) is 1.09. The van der Waals surface area contributed by atoms with Crippen molar-refractivity contribution in [3.63, 3.8) is 0 Å². The Hall–Kier alpha value is -1.90. The molecule has 0 aliphatic carbocycles. The van der Waals surface area contributed by atoms with Crippen LogP contribution in [0.4, 0.5) is 0 Å². The minimum atomic E-state index is 0.160. The van der Waals surface area contributed by atoms with Gasteiger partial charge in [-0.05, 0) is 31.0 Å². The molecule has 102 valence electrons. The minimum absolute atomic E-state index is 0.160. The molecule has 1 fully saturated rings. The van der Waals surface area contributed by atoms with Crippen molar-refractivity contribution in [1.29, 1.82) is 5.26 Å². The smallest absolute Gasteiger partial charge is 0.247 e. The molecule has 1 aliphatic heterocycles. The molecule has 1 saturated heterocycles. The van der Waals surface area contributed by atoms with E-state index >= 15 is 0 Å². The van der Waals surface area contributed by atoms with E-state index in [4.69, 9.17) is 26.0 Å². The number of benzene rings is 1. The number of hydrogen-bond acceptors (Lipinski definition) is 5. The van der Waals surface area contributed by atoms with Crippen LogP contribution in [0.2, 0.25) is 5.02 Å². The molecule has 1 aromatic carbocycles. The highest BCUT2D eigenvalue weighted by Crippen LogP contribution is 2.28. The number of aromatic nitrogens is 2.